The monoisotopic (exact) mass is 246 g/mol. The van der Waals surface area contributed by atoms with Crippen molar-refractivity contribution in [1.82, 2.24) is 10.3 Å². The SMILES string of the molecule is CNc1cccc(N2CCCC3C(=O)NCC32)n1. The van der Waals surface area contributed by atoms with Crippen molar-refractivity contribution in [1.29, 1.82) is 0 Å². The van der Waals surface area contributed by atoms with Crippen LogP contribution in [0, 0.1) is 5.92 Å². The van der Waals surface area contributed by atoms with Crippen molar-refractivity contribution in [2.45, 2.75) is 18.9 Å². The van der Waals surface area contributed by atoms with Crippen LogP contribution >= 0.6 is 0 Å². The van der Waals surface area contributed by atoms with E-state index in [0.29, 0.717) is 0 Å². The molecule has 5 heteroatoms. The van der Waals surface area contributed by atoms with Gasteiger partial charge in [0.05, 0.1) is 12.0 Å². The van der Waals surface area contributed by atoms with Crippen molar-refractivity contribution in [3.63, 3.8) is 0 Å². The third-order valence-corrected chi connectivity index (χ3v) is 3.89. The number of hydrogen-bond acceptors (Lipinski definition) is 4. The Hall–Kier alpha value is -1.78. The molecule has 18 heavy (non-hydrogen) atoms. The first-order chi connectivity index (χ1) is 8.79. The van der Waals surface area contributed by atoms with Crippen LogP contribution in [0.5, 0.6) is 0 Å². The summed E-state index contributed by atoms with van der Waals surface area (Å²) in [4.78, 5) is 18.6. The Balaban J connectivity index is 1.88. The van der Waals surface area contributed by atoms with Crippen LogP contribution in [-0.4, -0.2) is 37.1 Å². The second-order valence-corrected chi connectivity index (χ2v) is 4.89. The van der Waals surface area contributed by atoms with Gasteiger partial charge in [-0.05, 0) is 25.0 Å². The van der Waals surface area contributed by atoms with Crippen LogP contribution in [0.15, 0.2) is 18.2 Å². The lowest BCUT2D eigenvalue weighted by atomic mass is 9.91. The van der Waals surface area contributed by atoms with E-state index in [2.05, 4.69) is 20.5 Å². The van der Waals surface area contributed by atoms with Gasteiger partial charge >= 0.3 is 0 Å². The lowest BCUT2D eigenvalue weighted by Crippen LogP contribution is -2.46. The number of rotatable bonds is 2. The number of piperidine rings is 1. The van der Waals surface area contributed by atoms with Crippen LogP contribution in [0.2, 0.25) is 0 Å². The van der Waals surface area contributed by atoms with Crippen LogP contribution in [0.4, 0.5) is 11.6 Å². The Bertz CT molecular complexity index is 462. The number of anilines is 2. The molecule has 96 valence electrons. The Morgan fingerprint density at radius 1 is 1.50 bits per heavy atom. The molecule has 3 rings (SSSR count). The molecule has 0 radical (unpaired) electrons. The average Bonchev–Trinajstić information content (AvgIpc) is 2.81. The summed E-state index contributed by atoms with van der Waals surface area (Å²) in [5, 5.41) is 6.02. The molecule has 1 aromatic rings. The third kappa shape index (κ3) is 1.79. The first kappa shape index (κ1) is 11.3. The van der Waals surface area contributed by atoms with E-state index < -0.39 is 0 Å². The van der Waals surface area contributed by atoms with Crippen molar-refractivity contribution in [2.24, 2.45) is 5.92 Å². The molecule has 2 N–H and O–H groups in total. The standard InChI is InChI=1S/C13H18N4O/c1-14-11-5-2-6-12(16-11)17-7-3-4-9-10(17)8-15-13(9)18/h2,5-6,9-10H,3-4,7-8H2,1H3,(H,14,16)(H,15,18). The maximum Gasteiger partial charge on any atom is 0.225 e. The Morgan fingerprint density at radius 3 is 3.22 bits per heavy atom. The fraction of sp³-hybridized carbons (Fsp3) is 0.538. The number of pyridine rings is 1. The summed E-state index contributed by atoms with van der Waals surface area (Å²) in [6, 6.07) is 6.24. The summed E-state index contributed by atoms with van der Waals surface area (Å²) in [6.45, 7) is 1.73. The molecule has 2 unspecified atom stereocenters. The largest absolute Gasteiger partial charge is 0.373 e. The molecule has 0 aliphatic carbocycles. The lowest BCUT2D eigenvalue weighted by molar-refractivity contribution is -0.122. The predicted molar refractivity (Wildman–Crippen MR) is 70.7 cm³/mol. The van der Waals surface area contributed by atoms with E-state index in [0.717, 1.165) is 37.6 Å². The zero-order valence-electron chi connectivity index (χ0n) is 10.5. The van der Waals surface area contributed by atoms with Gasteiger partial charge in [-0.15, -0.1) is 0 Å². The number of amides is 1. The highest BCUT2D eigenvalue weighted by molar-refractivity contribution is 5.83. The summed E-state index contributed by atoms with van der Waals surface area (Å²) in [7, 11) is 1.87. The maximum atomic E-state index is 11.7. The molecule has 2 aliphatic heterocycles. The molecule has 3 heterocycles. The molecular formula is C13H18N4O. The number of nitrogens with zero attached hydrogens (tertiary/aromatic N) is 2. The second kappa shape index (κ2) is 4.48. The molecule has 1 amide bonds. The fourth-order valence-electron chi connectivity index (χ4n) is 2.96. The molecule has 2 atom stereocenters. The first-order valence-electron chi connectivity index (χ1n) is 6.49. The highest BCUT2D eigenvalue weighted by Gasteiger charge is 2.41. The number of hydrogen-bond donors (Lipinski definition) is 2. The zero-order valence-corrected chi connectivity index (χ0v) is 10.5. The van der Waals surface area contributed by atoms with Gasteiger partial charge < -0.3 is 15.5 Å². The zero-order chi connectivity index (χ0) is 12.5. The van der Waals surface area contributed by atoms with Crippen LogP contribution in [0.25, 0.3) is 0 Å². The van der Waals surface area contributed by atoms with Gasteiger partial charge in [-0.2, -0.15) is 0 Å². The van der Waals surface area contributed by atoms with E-state index in [9.17, 15) is 4.79 Å². The number of nitrogens with one attached hydrogen (secondary N) is 2. The Morgan fingerprint density at radius 2 is 2.39 bits per heavy atom. The second-order valence-electron chi connectivity index (χ2n) is 4.89. The average molecular weight is 246 g/mol. The van der Waals surface area contributed by atoms with Gasteiger partial charge in [0.25, 0.3) is 0 Å². The quantitative estimate of drug-likeness (QED) is 0.812. The highest BCUT2D eigenvalue weighted by atomic mass is 16.2. The van der Waals surface area contributed by atoms with Gasteiger partial charge in [0, 0.05) is 20.1 Å². The van der Waals surface area contributed by atoms with Gasteiger partial charge in [0.1, 0.15) is 11.6 Å². The van der Waals surface area contributed by atoms with Gasteiger partial charge in [-0.25, -0.2) is 4.98 Å². The normalized spacial score (nSPS) is 26.7. The number of carbonyl (C=O) groups excluding carboxylic acids is 1. The molecular weight excluding hydrogens is 228 g/mol. The smallest absolute Gasteiger partial charge is 0.225 e. The molecule has 0 saturated carbocycles. The predicted octanol–water partition coefficient (Wildman–Crippen LogP) is 0.838. The topological polar surface area (TPSA) is 57.3 Å². The van der Waals surface area contributed by atoms with E-state index in [4.69, 9.17) is 0 Å². The van der Waals surface area contributed by atoms with Gasteiger partial charge in [0.15, 0.2) is 0 Å². The summed E-state index contributed by atoms with van der Waals surface area (Å²) in [5.41, 5.74) is 0. The maximum absolute atomic E-state index is 11.7. The summed E-state index contributed by atoms with van der Waals surface area (Å²) in [5.74, 6) is 2.17. The number of fused-ring (bicyclic) bond motifs is 1. The van der Waals surface area contributed by atoms with Crippen molar-refractivity contribution in [3.05, 3.63) is 18.2 Å². The molecule has 0 aromatic carbocycles. The van der Waals surface area contributed by atoms with E-state index in [1.54, 1.807) is 0 Å². The Kier molecular flexibility index (Phi) is 2.81. The summed E-state index contributed by atoms with van der Waals surface area (Å²) >= 11 is 0. The molecule has 1 aromatic heterocycles. The summed E-state index contributed by atoms with van der Waals surface area (Å²) in [6.07, 6.45) is 2.05. The van der Waals surface area contributed by atoms with Crippen molar-refractivity contribution >= 4 is 17.5 Å². The van der Waals surface area contributed by atoms with Gasteiger partial charge in [-0.3, -0.25) is 4.79 Å². The van der Waals surface area contributed by atoms with Gasteiger partial charge in [0.2, 0.25) is 5.91 Å². The van der Waals surface area contributed by atoms with E-state index >= 15 is 0 Å². The van der Waals surface area contributed by atoms with E-state index in [1.165, 1.54) is 0 Å². The minimum absolute atomic E-state index is 0.138. The Labute approximate surface area is 107 Å². The molecule has 2 aliphatic rings. The van der Waals surface area contributed by atoms with Crippen molar-refractivity contribution < 1.29 is 4.79 Å². The first-order valence-corrected chi connectivity index (χ1v) is 6.49. The van der Waals surface area contributed by atoms with Crippen LogP contribution in [0.3, 0.4) is 0 Å². The molecule has 0 spiro atoms. The number of aromatic nitrogens is 1. The fourth-order valence-corrected chi connectivity index (χ4v) is 2.96. The van der Waals surface area contributed by atoms with Crippen molar-refractivity contribution in [3.8, 4) is 0 Å². The van der Waals surface area contributed by atoms with E-state index in [-0.39, 0.29) is 17.9 Å². The lowest BCUT2D eigenvalue weighted by Gasteiger charge is -2.36. The minimum Gasteiger partial charge on any atom is -0.373 e. The molecule has 5 nitrogen and oxygen atoms in total. The third-order valence-electron chi connectivity index (χ3n) is 3.89. The van der Waals surface area contributed by atoms with Crippen LogP contribution < -0.4 is 15.5 Å². The van der Waals surface area contributed by atoms with Crippen LogP contribution in [0.1, 0.15) is 12.8 Å². The highest BCUT2D eigenvalue weighted by Crippen LogP contribution is 2.30. The van der Waals surface area contributed by atoms with Crippen molar-refractivity contribution in [2.75, 3.05) is 30.4 Å². The minimum atomic E-state index is 0.138. The molecule has 2 fully saturated rings. The molecule has 2 saturated heterocycles. The van der Waals surface area contributed by atoms with Crippen LogP contribution in [-0.2, 0) is 4.79 Å². The van der Waals surface area contributed by atoms with E-state index in [1.807, 2.05) is 25.2 Å². The summed E-state index contributed by atoms with van der Waals surface area (Å²) < 4.78 is 0. The molecule has 0 bridgehead atoms. The number of carbonyl (C=O) groups is 1. The van der Waals surface area contributed by atoms with Gasteiger partial charge in [-0.1, -0.05) is 6.07 Å².